The van der Waals surface area contributed by atoms with Crippen LogP contribution >= 0.6 is 11.6 Å². The van der Waals surface area contributed by atoms with Crippen LogP contribution in [0.2, 0.25) is 5.02 Å². The number of ether oxygens (including phenoxy) is 1. The van der Waals surface area contributed by atoms with Gasteiger partial charge >= 0.3 is 0 Å². The zero-order valence-corrected chi connectivity index (χ0v) is 18.3. The summed E-state index contributed by atoms with van der Waals surface area (Å²) in [6, 6.07) is 15.2. The van der Waals surface area contributed by atoms with Gasteiger partial charge in [0.15, 0.2) is 0 Å². The van der Waals surface area contributed by atoms with E-state index in [2.05, 4.69) is 20.1 Å². The fourth-order valence-electron chi connectivity index (χ4n) is 3.67. The summed E-state index contributed by atoms with van der Waals surface area (Å²) in [7, 11) is 0. The average molecular weight is 440 g/mol. The molecular formula is C23H26ClN5O2. The van der Waals surface area contributed by atoms with Gasteiger partial charge in [-0.05, 0) is 49.4 Å². The van der Waals surface area contributed by atoms with E-state index in [0.717, 1.165) is 49.3 Å². The maximum Gasteiger partial charge on any atom is 0.238 e. The topological polar surface area (TPSA) is 62.6 Å². The molecule has 2 aromatic carbocycles. The van der Waals surface area contributed by atoms with E-state index in [1.807, 2.05) is 66.2 Å². The molecule has 1 fully saturated rings. The molecule has 31 heavy (non-hydrogen) atoms. The van der Waals surface area contributed by atoms with Crippen LogP contribution in [0.15, 0.2) is 60.9 Å². The van der Waals surface area contributed by atoms with Crippen molar-refractivity contribution in [1.82, 2.24) is 14.5 Å². The summed E-state index contributed by atoms with van der Waals surface area (Å²) in [5.74, 6) is 1.67. The molecule has 162 valence electrons. The Bertz CT molecular complexity index is 1010. The molecule has 1 aromatic heterocycles. The second-order valence-electron chi connectivity index (χ2n) is 7.35. The van der Waals surface area contributed by atoms with E-state index in [1.54, 1.807) is 6.20 Å². The van der Waals surface area contributed by atoms with E-state index in [-0.39, 0.29) is 5.91 Å². The van der Waals surface area contributed by atoms with Gasteiger partial charge in [0.1, 0.15) is 5.75 Å². The van der Waals surface area contributed by atoms with Crippen LogP contribution in [-0.2, 0) is 4.79 Å². The highest BCUT2D eigenvalue weighted by molar-refractivity contribution is 6.30. The zero-order valence-electron chi connectivity index (χ0n) is 17.5. The molecule has 0 radical (unpaired) electrons. The highest BCUT2D eigenvalue weighted by Gasteiger charge is 2.22. The van der Waals surface area contributed by atoms with Crippen LogP contribution in [-0.4, -0.2) is 59.7 Å². The summed E-state index contributed by atoms with van der Waals surface area (Å²) in [5.41, 5.74) is 1.76. The number of hydrogen-bond donors (Lipinski definition) is 1. The molecule has 1 aliphatic rings. The van der Waals surface area contributed by atoms with Gasteiger partial charge < -0.3 is 15.0 Å². The fraction of sp³-hybridized carbons (Fsp3) is 0.304. The number of carbonyl (C=O) groups is 1. The minimum Gasteiger partial charge on any atom is -0.494 e. The van der Waals surface area contributed by atoms with Crippen molar-refractivity contribution in [3.8, 4) is 11.4 Å². The molecule has 8 heteroatoms. The number of amides is 1. The van der Waals surface area contributed by atoms with Crippen molar-refractivity contribution in [2.24, 2.45) is 0 Å². The Morgan fingerprint density at radius 1 is 1.13 bits per heavy atom. The molecule has 0 unspecified atom stereocenters. The van der Waals surface area contributed by atoms with Crippen molar-refractivity contribution < 1.29 is 9.53 Å². The predicted molar refractivity (Wildman–Crippen MR) is 123 cm³/mol. The van der Waals surface area contributed by atoms with E-state index in [0.29, 0.717) is 18.2 Å². The van der Waals surface area contributed by atoms with Gasteiger partial charge in [-0.2, -0.15) is 0 Å². The van der Waals surface area contributed by atoms with Crippen molar-refractivity contribution in [2.75, 3.05) is 49.5 Å². The van der Waals surface area contributed by atoms with Crippen LogP contribution in [0.3, 0.4) is 0 Å². The fourth-order valence-corrected chi connectivity index (χ4v) is 3.85. The van der Waals surface area contributed by atoms with E-state index in [9.17, 15) is 4.79 Å². The quantitative estimate of drug-likeness (QED) is 0.608. The third-order valence-corrected chi connectivity index (χ3v) is 5.41. The number of nitrogens with one attached hydrogen (secondary N) is 1. The minimum absolute atomic E-state index is 0.0157. The van der Waals surface area contributed by atoms with Crippen molar-refractivity contribution in [1.29, 1.82) is 0 Å². The normalized spacial score (nSPS) is 14.5. The first kappa shape index (κ1) is 21.2. The van der Waals surface area contributed by atoms with Crippen molar-refractivity contribution >= 4 is 29.1 Å². The van der Waals surface area contributed by atoms with Gasteiger partial charge in [0.25, 0.3) is 0 Å². The van der Waals surface area contributed by atoms with Crippen LogP contribution < -0.4 is 15.0 Å². The SMILES string of the molecule is CCOc1ccc(NC(=O)CN2CCN(c3nccn3-c3cccc(Cl)c3)CC2)cc1. The molecule has 7 nitrogen and oxygen atoms in total. The lowest BCUT2D eigenvalue weighted by Crippen LogP contribution is -2.49. The third kappa shape index (κ3) is 5.37. The van der Waals surface area contributed by atoms with Crippen LogP contribution in [0, 0.1) is 0 Å². The molecule has 1 amide bonds. The Hall–Kier alpha value is -3.03. The Balaban J connectivity index is 1.30. The van der Waals surface area contributed by atoms with Gasteiger partial charge in [-0.1, -0.05) is 17.7 Å². The number of hydrogen-bond acceptors (Lipinski definition) is 5. The van der Waals surface area contributed by atoms with Crippen molar-refractivity contribution in [3.63, 3.8) is 0 Å². The first-order valence-corrected chi connectivity index (χ1v) is 10.8. The Morgan fingerprint density at radius 2 is 1.90 bits per heavy atom. The minimum atomic E-state index is -0.0157. The number of anilines is 2. The molecule has 0 aliphatic carbocycles. The molecule has 3 aromatic rings. The van der Waals surface area contributed by atoms with Crippen molar-refractivity contribution in [2.45, 2.75) is 6.92 Å². The number of imidazole rings is 1. The smallest absolute Gasteiger partial charge is 0.238 e. The number of benzene rings is 2. The largest absolute Gasteiger partial charge is 0.494 e. The molecule has 4 rings (SSSR count). The third-order valence-electron chi connectivity index (χ3n) is 5.18. The maximum absolute atomic E-state index is 12.4. The van der Waals surface area contributed by atoms with Crippen molar-refractivity contribution in [3.05, 3.63) is 65.9 Å². The van der Waals surface area contributed by atoms with Crippen LogP contribution in [0.25, 0.3) is 5.69 Å². The van der Waals surface area contributed by atoms with Gasteiger partial charge in [-0.3, -0.25) is 14.3 Å². The molecular weight excluding hydrogens is 414 g/mol. The lowest BCUT2D eigenvalue weighted by Gasteiger charge is -2.35. The molecule has 0 spiro atoms. The van der Waals surface area contributed by atoms with E-state index >= 15 is 0 Å². The first-order valence-electron chi connectivity index (χ1n) is 10.4. The van der Waals surface area contributed by atoms with Gasteiger partial charge in [0.2, 0.25) is 11.9 Å². The zero-order chi connectivity index (χ0) is 21.6. The summed E-state index contributed by atoms with van der Waals surface area (Å²) < 4.78 is 7.47. The van der Waals surface area contributed by atoms with Crippen LogP contribution in [0.5, 0.6) is 5.75 Å². The Labute approximate surface area is 187 Å². The van der Waals surface area contributed by atoms with Gasteiger partial charge in [0, 0.05) is 55.0 Å². The number of piperazine rings is 1. The first-order chi connectivity index (χ1) is 15.1. The molecule has 0 bridgehead atoms. The predicted octanol–water partition coefficient (Wildman–Crippen LogP) is 3.69. The summed E-state index contributed by atoms with van der Waals surface area (Å²) in [6.07, 6.45) is 3.74. The second-order valence-corrected chi connectivity index (χ2v) is 7.78. The number of carbonyl (C=O) groups excluding carboxylic acids is 1. The number of halogens is 1. The summed E-state index contributed by atoms with van der Waals surface area (Å²) in [4.78, 5) is 21.4. The number of aromatic nitrogens is 2. The van der Waals surface area contributed by atoms with Gasteiger partial charge in [-0.25, -0.2) is 4.98 Å². The highest BCUT2D eigenvalue weighted by atomic mass is 35.5. The Kier molecular flexibility index (Phi) is 6.74. The highest BCUT2D eigenvalue weighted by Crippen LogP contribution is 2.22. The standard InChI is InChI=1S/C23H26ClN5O2/c1-2-31-21-8-6-19(7-9-21)26-22(30)17-27-12-14-28(15-13-27)23-25-10-11-29(23)20-5-3-4-18(24)16-20/h3-11,16H,2,12-15,17H2,1H3,(H,26,30). The van der Waals surface area contributed by atoms with Crippen LogP contribution in [0.4, 0.5) is 11.6 Å². The van der Waals surface area contributed by atoms with E-state index in [1.165, 1.54) is 0 Å². The average Bonchev–Trinajstić information content (AvgIpc) is 3.26. The van der Waals surface area contributed by atoms with Gasteiger partial charge in [-0.15, -0.1) is 0 Å². The second kappa shape index (κ2) is 9.85. The summed E-state index contributed by atoms with van der Waals surface area (Å²) in [5, 5.41) is 3.65. The maximum atomic E-state index is 12.4. The van der Waals surface area contributed by atoms with E-state index in [4.69, 9.17) is 16.3 Å². The number of nitrogens with zero attached hydrogens (tertiary/aromatic N) is 4. The molecule has 0 saturated carbocycles. The summed E-state index contributed by atoms with van der Waals surface area (Å²) in [6.45, 7) is 6.11. The molecule has 1 aliphatic heterocycles. The van der Waals surface area contributed by atoms with Gasteiger partial charge in [0.05, 0.1) is 13.2 Å². The lowest BCUT2D eigenvalue weighted by atomic mass is 10.3. The number of rotatable bonds is 7. The monoisotopic (exact) mass is 439 g/mol. The Morgan fingerprint density at radius 3 is 2.61 bits per heavy atom. The molecule has 2 heterocycles. The van der Waals surface area contributed by atoms with E-state index < -0.39 is 0 Å². The van der Waals surface area contributed by atoms with Crippen LogP contribution in [0.1, 0.15) is 6.92 Å². The molecule has 0 atom stereocenters. The molecule has 1 N–H and O–H groups in total. The summed E-state index contributed by atoms with van der Waals surface area (Å²) >= 11 is 6.15. The molecule has 1 saturated heterocycles. The lowest BCUT2D eigenvalue weighted by molar-refractivity contribution is -0.117.